The lowest BCUT2D eigenvalue weighted by Gasteiger charge is -2.07. The maximum absolute atomic E-state index is 11.0. The Morgan fingerprint density at radius 2 is 1.87 bits per heavy atom. The summed E-state index contributed by atoms with van der Waals surface area (Å²) in [5.74, 6) is 0. The SMILES string of the molecule is NCc1[nH]c2cc([N+](=O)[O-])c(Cl)cc2c1-c1ccc(Cl)cc1Cl. The van der Waals surface area contributed by atoms with Crippen LogP contribution in [-0.2, 0) is 6.54 Å². The highest BCUT2D eigenvalue weighted by Gasteiger charge is 2.20. The number of hydrogen-bond donors (Lipinski definition) is 2. The van der Waals surface area contributed by atoms with Gasteiger partial charge in [-0.05, 0) is 18.2 Å². The van der Waals surface area contributed by atoms with E-state index >= 15 is 0 Å². The zero-order chi connectivity index (χ0) is 16.7. The van der Waals surface area contributed by atoms with Crippen molar-refractivity contribution in [3.8, 4) is 11.1 Å². The van der Waals surface area contributed by atoms with Gasteiger partial charge in [0.25, 0.3) is 5.69 Å². The van der Waals surface area contributed by atoms with Gasteiger partial charge < -0.3 is 10.7 Å². The fourth-order valence-corrected chi connectivity index (χ4v) is 3.29. The smallest absolute Gasteiger partial charge is 0.289 e. The van der Waals surface area contributed by atoms with E-state index in [0.717, 1.165) is 11.1 Å². The first kappa shape index (κ1) is 16.1. The average Bonchev–Trinajstić information content (AvgIpc) is 2.84. The first-order valence-electron chi connectivity index (χ1n) is 6.56. The normalized spacial score (nSPS) is 11.1. The summed E-state index contributed by atoms with van der Waals surface area (Å²) in [5, 5.41) is 12.8. The molecule has 0 spiro atoms. The first-order chi connectivity index (χ1) is 10.9. The molecule has 1 aromatic heterocycles. The van der Waals surface area contributed by atoms with Gasteiger partial charge in [0.05, 0.1) is 10.4 Å². The minimum absolute atomic E-state index is 0.0522. The number of halogens is 3. The molecule has 23 heavy (non-hydrogen) atoms. The minimum Gasteiger partial charge on any atom is -0.357 e. The number of nitrogens with two attached hydrogens (primary N) is 1. The second-order valence-corrected chi connectivity index (χ2v) is 6.16. The molecule has 0 saturated heterocycles. The molecular formula is C15H10Cl3N3O2. The van der Waals surface area contributed by atoms with Crippen LogP contribution in [0.1, 0.15) is 5.69 Å². The van der Waals surface area contributed by atoms with Gasteiger partial charge in [-0.2, -0.15) is 0 Å². The molecule has 1 heterocycles. The molecule has 3 N–H and O–H groups in total. The Morgan fingerprint density at radius 1 is 1.13 bits per heavy atom. The quantitative estimate of drug-likeness (QED) is 0.493. The summed E-state index contributed by atoms with van der Waals surface area (Å²) in [4.78, 5) is 13.6. The molecule has 3 rings (SSSR count). The summed E-state index contributed by atoms with van der Waals surface area (Å²) in [6, 6.07) is 8.07. The second kappa shape index (κ2) is 6.02. The van der Waals surface area contributed by atoms with Crippen LogP contribution in [0.4, 0.5) is 5.69 Å². The third kappa shape index (κ3) is 2.77. The van der Waals surface area contributed by atoms with Crippen molar-refractivity contribution >= 4 is 51.4 Å². The van der Waals surface area contributed by atoms with E-state index in [9.17, 15) is 10.1 Å². The summed E-state index contributed by atoms with van der Waals surface area (Å²) in [6.45, 7) is 0.217. The Kier molecular flexibility index (Phi) is 4.21. The highest BCUT2D eigenvalue weighted by molar-refractivity contribution is 6.37. The number of fused-ring (bicyclic) bond motifs is 1. The fraction of sp³-hybridized carbons (Fsp3) is 0.0667. The molecular weight excluding hydrogens is 361 g/mol. The molecule has 0 fully saturated rings. The number of nitrogens with one attached hydrogen (secondary N) is 1. The van der Waals surface area contributed by atoms with E-state index in [1.165, 1.54) is 6.07 Å². The van der Waals surface area contributed by atoms with Crippen molar-refractivity contribution in [3.05, 3.63) is 61.2 Å². The maximum Gasteiger partial charge on any atom is 0.289 e. The van der Waals surface area contributed by atoms with Crippen LogP contribution in [0.3, 0.4) is 0 Å². The van der Waals surface area contributed by atoms with Gasteiger partial charge in [0.15, 0.2) is 0 Å². The predicted octanol–water partition coefficient (Wildman–Crippen LogP) is 5.16. The first-order valence-corrected chi connectivity index (χ1v) is 7.69. The zero-order valence-electron chi connectivity index (χ0n) is 11.6. The maximum atomic E-state index is 11.0. The van der Waals surface area contributed by atoms with Gasteiger partial charge in [0, 0.05) is 44.9 Å². The Morgan fingerprint density at radius 3 is 2.48 bits per heavy atom. The summed E-state index contributed by atoms with van der Waals surface area (Å²) in [6.07, 6.45) is 0. The van der Waals surface area contributed by atoms with Crippen molar-refractivity contribution < 1.29 is 4.92 Å². The standard InChI is InChI=1S/C15H10Cl3N3O2/c16-7-1-2-8(10(17)3-7)15-9-4-11(18)14(21(22)23)5-12(9)20-13(15)6-19/h1-5,20H,6,19H2. The van der Waals surface area contributed by atoms with Crippen LogP contribution in [0.25, 0.3) is 22.0 Å². The number of aromatic amines is 1. The number of rotatable bonds is 3. The number of benzene rings is 2. The lowest BCUT2D eigenvalue weighted by atomic mass is 10.0. The highest BCUT2D eigenvalue weighted by atomic mass is 35.5. The molecule has 0 bridgehead atoms. The van der Waals surface area contributed by atoms with Crippen LogP contribution in [0, 0.1) is 10.1 Å². The number of aromatic nitrogens is 1. The third-order valence-corrected chi connectivity index (χ3v) is 4.40. The number of H-pyrrole nitrogens is 1. The van der Waals surface area contributed by atoms with E-state index in [1.54, 1.807) is 24.3 Å². The van der Waals surface area contributed by atoms with E-state index in [2.05, 4.69) is 4.98 Å². The van der Waals surface area contributed by atoms with Gasteiger partial charge in [-0.15, -0.1) is 0 Å². The van der Waals surface area contributed by atoms with Crippen LogP contribution < -0.4 is 5.73 Å². The van der Waals surface area contributed by atoms with E-state index in [-0.39, 0.29) is 17.3 Å². The van der Waals surface area contributed by atoms with Crippen molar-refractivity contribution in [1.29, 1.82) is 0 Å². The molecule has 0 atom stereocenters. The number of nitro groups is 1. The monoisotopic (exact) mass is 369 g/mol. The molecule has 3 aromatic rings. The van der Waals surface area contributed by atoms with Crippen molar-refractivity contribution in [3.63, 3.8) is 0 Å². The van der Waals surface area contributed by atoms with Crippen molar-refractivity contribution in [2.24, 2.45) is 5.73 Å². The van der Waals surface area contributed by atoms with Crippen LogP contribution in [0.15, 0.2) is 30.3 Å². The number of nitro benzene ring substituents is 1. The van der Waals surface area contributed by atoms with Crippen LogP contribution >= 0.6 is 34.8 Å². The van der Waals surface area contributed by atoms with Gasteiger partial charge in [0.1, 0.15) is 5.02 Å². The number of hydrogen-bond acceptors (Lipinski definition) is 3. The molecule has 0 amide bonds. The van der Waals surface area contributed by atoms with Crippen molar-refractivity contribution in [2.75, 3.05) is 0 Å². The van der Waals surface area contributed by atoms with Gasteiger partial charge in [0.2, 0.25) is 0 Å². The van der Waals surface area contributed by atoms with Crippen LogP contribution in [-0.4, -0.2) is 9.91 Å². The molecule has 0 aliphatic rings. The molecule has 8 heteroatoms. The third-order valence-electron chi connectivity index (χ3n) is 3.54. The van der Waals surface area contributed by atoms with Crippen molar-refractivity contribution in [2.45, 2.75) is 6.54 Å². The fourth-order valence-electron chi connectivity index (χ4n) is 2.55. The molecule has 118 valence electrons. The largest absolute Gasteiger partial charge is 0.357 e. The molecule has 0 aliphatic heterocycles. The van der Waals surface area contributed by atoms with E-state index in [4.69, 9.17) is 40.5 Å². The molecule has 0 saturated carbocycles. The van der Waals surface area contributed by atoms with Crippen LogP contribution in [0.2, 0.25) is 15.1 Å². The van der Waals surface area contributed by atoms with Crippen molar-refractivity contribution in [1.82, 2.24) is 4.98 Å². The Hall–Kier alpha value is -1.79. The average molecular weight is 371 g/mol. The van der Waals surface area contributed by atoms with E-state index in [1.807, 2.05) is 0 Å². The lowest BCUT2D eigenvalue weighted by molar-refractivity contribution is -0.384. The number of nitrogens with zero attached hydrogens (tertiary/aromatic N) is 1. The molecule has 0 radical (unpaired) electrons. The Labute approximate surface area is 146 Å². The van der Waals surface area contributed by atoms with E-state index in [0.29, 0.717) is 26.6 Å². The van der Waals surface area contributed by atoms with Gasteiger partial charge >= 0.3 is 0 Å². The lowest BCUT2D eigenvalue weighted by Crippen LogP contribution is -1.98. The van der Waals surface area contributed by atoms with Gasteiger partial charge in [-0.3, -0.25) is 10.1 Å². The summed E-state index contributed by atoms with van der Waals surface area (Å²) < 4.78 is 0. The Balaban J connectivity index is 2.35. The minimum atomic E-state index is -0.528. The molecule has 0 unspecified atom stereocenters. The topological polar surface area (TPSA) is 85.0 Å². The predicted molar refractivity (Wildman–Crippen MR) is 93.3 cm³/mol. The molecule has 5 nitrogen and oxygen atoms in total. The van der Waals surface area contributed by atoms with Crippen LogP contribution in [0.5, 0.6) is 0 Å². The van der Waals surface area contributed by atoms with E-state index < -0.39 is 4.92 Å². The summed E-state index contributed by atoms with van der Waals surface area (Å²) >= 11 is 18.3. The van der Waals surface area contributed by atoms with Gasteiger partial charge in [-0.25, -0.2) is 0 Å². The second-order valence-electron chi connectivity index (χ2n) is 4.91. The summed E-state index contributed by atoms with van der Waals surface area (Å²) in [5.41, 5.74) is 8.41. The highest BCUT2D eigenvalue weighted by Crippen LogP contribution is 2.40. The molecule has 2 aromatic carbocycles. The summed E-state index contributed by atoms with van der Waals surface area (Å²) in [7, 11) is 0. The Bertz CT molecular complexity index is 937. The van der Waals surface area contributed by atoms with Gasteiger partial charge in [-0.1, -0.05) is 40.9 Å². The zero-order valence-corrected chi connectivity index (χ0v) is 13.8. The molecule has 0 aliphatic carbocycles.